The quantitative estimate of drug-likeness (QED) is 0.778. The highest BCUT2D eigenvalue weighted by molar-refractivity contribution is 4.90. The van der Waals surface area contributed by atoms with Crippen molar-refractivity contribution in [1.29, 1.82) is 0 Å². The van der Waals surface area contributed by atoms with Crippen LogP contribution in [-0.4, -0.2) is 25.8 Å². The van der Waals surface area contributed by atoms with Gasteiger partial charge >= 0.3 is 0 Å². The van der Waals surface area contributed by atoms with Crippen molar-refractivity contribution in [3.63, 3.8) is 0 Å². The third kappa shape index (κ3) is 5.43. The van der Waals surface area contributed by atoms with E-state index < -0.39 is 0 Å². The van der Waals surface area contributed by atoms with Gasteiger partial charge in [0.05, 0.1) is 6.61 Å². The Balaban J connectivity index is 2.58. The second-order valence-electron chi connectivity index (χ2n) is 7.81. The van der Waals surface area contributed by atoms with Crippen molar-refractivity contribution >= 4 is 0 Å². The molecule has 1 N–H and O–H groups in total. The third-order valence-corrected chi connectivity index (χ3v) is 4.77. The summed E-state index contributed by atoms with van der Waals surface area (Å²) in [7, 11) is 0. The van der Waals surface area contributed by atoms with Gasteiger partial charge in [-0.2, -0.15) is 0 Å². The lowest BCUT2D eigenvalue weighted by Gasteiger charge is -2.44. The molecule has 0 amide bonds. The summed E-state index contributed by atoms with van der Waals surface area (Å²) in [5.41, 5.74) is 0.839. The minimum absolute atomic E-state index is 0.377. The molecule has 0 aliphatic heterocycles. The summed E-state index contributed by atoms with van der Waals surface area (Å²) in [4.78, 5) is 0. The van der Waals surface area contributed by atoms with Crippen LogP contribution in [0.3, 0.4) is 0 Å². The van der Waals surface area contributed by atoms with Crippen LogP contribution in [0.4, 0.5) is 0 Å². The number of ether oxygens (including phenoxy) is 1. The van der Waals surface area contributed by atoms with E-state index in [1.807, 2.05) is 0 Å². The normalized spacial score (nSPS) is 28.9. The molecule has 0 aromatic heterocycles. The Morgan fingerprint density at radius 2 is 1.79 bits per heavy atom. The van der Waals surface area contributed by atoms with E-state index in [0.717, 1.165) is 25.7 Å². The average molecular weight is 269 g/mol. The van der Waals surface area contributed by atoms with Gasteiger partial charge in [-0.3, -0.25) is 0 Å². The van der Waals surface area contributed by atoms with Crippen LogP contribution in [0.1, 0.15) is 67.2 Å². The molecule has 0 atom stereocenters. The van der Waals surface area contributed by atoms with Crippen LogP contribution in [0.15, 0.2) is 0 Å². The second kappa shape index (κ2) is 7.08. The Morgan fingerprint density at radius 3 is 2.21 bits per heavy atom. The van der Waals surface area contributed by atoms with Crippen molar-refractivity contribution in [2.45, 2.75) is 73.3 Å². The minimum Gasteiger partial charge on any atom is -0.381 e. The van der Waals surface area contributed by atoms with E-state index in [4.69, 9.17) is 4.74 Å². The van der Waals surface area contributed by atoms with E-state index in [9.17, 15) is 0 Å². The molecule has 1 fully saturated rings. The maximum Gasteiger partial charge on any atom is 0.0534 e. The first-order valence-electron chi connectivity index (χ1n) is 8.10. The van der Waals surface area contributed by atoms with Gasteiger partial charge in [-0.1, -0.05) is 34.6 Å². The van der Waals surface area contributed by atoms with Gasteiger partial charge in [-0.15, -0.1) is 0 Å². The second-order valence-corrected chi connectivity index (χ2v) is 7.81. The molecule has 0 aromatic rings. The van der Waals surface area contributed by atoms with Gasteiger partial charge in [0.25, 0.3) is 0 Å². The smallest absolute Gasteiger partial charge is 0.0534 e. The maximum atomic E-state index is 5.79. The molecule has 0 bridgehead atoms. The average Bonchev–Trinajstić information content (AvgIpc) is 2.34. The Kier molecular flexibility index (Phi) is 6.32. The summed E-state index contributed by atoms with van der Waals surface area (Å²) in [6.07, 6.45) is 5.34. The van der Waals surface area contributed by atoms with Gasteiger partial charge in [0.1, 0.15) is 0 Å². The van der Waals surface area contributed by atoms with Crippen LogP contribution >= 0.6 is 0 Å². The molecule has 2 heteroatoms. The zero-order chi connectivity index (χ0) is 14.5. The van der Waals surface area contributed by atoms with Crippen LogP contribution in [0.2, 0.25) is 0 Å². The number of hydrogen-bond donors (Lipinski definition) is 1. The van der Waals surface area contributed by atoms with Crippen LogP contribution in [0.5, 0.6) is 0 Å². The zero-order valence-electron chi connectivity index (χ0n) is 14.0. The van der Waals surface area contributed by atoms with E-state index >= 15 is 0 Å². The van der Waals surface area contributed by atoms with Gasteiger partial charge in [0.15, 0.2) is 0 Å². The van der Waals surface area contributed by atoms with Crippen LogP contribution in [0, 0.1) is 16.7 Å². The van der Waals surface area contributed by atoms with Crippen molar-refractivity contribution in [3.05, 3.63) is 0 Å². The van der Waals surface area contributed by atoms with Crippen molar-refractivity contribution in [2.75, 3.05) is 19.8 Å². The van der Waals surface area contributed by atoms with Crippen LogP contribution in [0.25, 0.3) is 0 Å². The molecule has 1 aliphatic carbocycles. The van der Waals surface area contributed by atoms with Gasteiger partial charge in [-0.25, -0.2) is 0 Å². The molecule has 0 unspecified atom stereocenters. The fourth-order valence-electron chi connectivity index (χ4n) is 3.21. The predicted molar refractivity (Wildman–Crippen MR) is 83.5 cm³/mol. The summed E-state index contributed by atoms with van der Waals surface area (Å²) in [6, 6.07) is 0.568. The molecular formula is C17H35NO. The largest absolute Gasteiger partial charge is 0.381 e. The molecule has 0 saturated heterocycles. The van der Waals surface area contributed by atoms with E-state index in [-0.39, 0.29) is 0 Å². The fraction of sp³-hybridized carbons (Fsp3) is 1.00. The van der Waals surface area contributed by atoms with Crippen LogP contribution < -0.4 is 5.32 Å². The number of hydrogen-bond acceptors (Lipinski definition) is 2. The Hall–Kier alpha value is -0.0800. The van der Waals surface area contributed by atoms with Gasteiger partial charge in [0, 0.05) is 24.6 Å². The number of nitrogens with one attached hydrogen (secondary N) is 1. The van der Waals surface area contributed by atoms with Gasteiger partial charge in [0.2, 0.25) is 0 Å². The summed E-state index contributed by atoms with van der Waals surface area (Å²) in [5.74, 6) is 0.876. The molecule has 0 heterocycles. The van der Waals surface area contributed by atoms with Crippen molar-refractivity contribution in [3.8, 4) is 0 Å². The molecule has 1 rings (SSSR count). The summed E-state index contributed by atoms with van der Waals surface area (Å²) < 4.78 is 5.79. The molecule has 1 aliphatic rings. The molecule has 114 valence electrons. The monoisotopic (exact) mass is 269 g/mol. The van der Waals surface area contributed by atoms with E-state index in [2.05, 4.69) is 46.9 Å². The molecular weight excluding hydrogens is 234 g/mol. The van der Waals surface area contributed by atoms with Gasteiger partial charge in [-0.05, 0) is 43.9 Å². The highest BCUT2D eigenvalue weighted by Gasteiger charge is 2.38. The lowest BCUT2D eigenvalue weighted by atomic mass is 9.64. The SMILES string of the molecule is CCOCC1(CNC(C)C)CCC(C(C)(C)C)CC1. The molecule has 0 radical (unpaired) electrons. The Morgan fingerprint density at radius 1 is 1.21 bits per heavy atom. The molecule has 1 saturated carbocycles. The Bertz CT molecular complexity index is 246. The Labute approximate surface area is 120 Å². The summed E-state index contributed by atoms with van der Waals surface area (Å²) >= 11 is 0. The highest BCUT2D eigenvalue weighted by atomic mass is 16.5. The van der Waals surface area contributed by atoms with Crippen molar-refractivity contribution in [1.82, 2.24) is 5.32 Å². The molecule has 0 spiro atoms. The summed E-state index contributed by atoms with van der Waals surface area (Å²) in [5, 5.41) is 3.64. The standard InChI is InChI=1S/C17H35NO/c1-7-19-13-17(12-18-14(2)3)10-8-15(9-11-17)16(4,5)6/h14-15,18H,7-13H2,1-6H3. The fourth-order valence-corrected chi connectivity index (χ4v) is 3.21. The summed E-state index contributed by atoms with van der Waals surface area (Å²) in [6.45, 7) is 16.6. The van der Waals surface area contributed by atoms with Crippen LogP contribution in [-0.2, 0) is 4.74 Å². The van der Waals surface area contributed by atoms with E-state index in [1.165, 1.54) is 25.7 Å². The molecule has 0 aromatic carbocycles. The van der Waals surface area contributed by atoms with Crippen molar-refractivity contribution < 1.29 is 4.74 Å². The zero-order valence-corrected chi connectivity index (χ0v) is 14.0. The lowest BCUT2D eigenvalue weighted by Crippen LogP contribution is -2.44. The predicted octanol–water partition coefficient (Wildman–Crippen LogP) is 4.24. The lowest BCUT2D eigenvalue weighted by molar-refractivity contribution is 0.000137. The minimum atomic E-state index is 0.377. The topological polar surface area (TPSA) is 21.3 Å². The first-order valence-corrected chi connectivity index (χ1v) is 8.10. The first-order chi connectivity index (χ1) is 8.79. The van der Waals surface area contributed by atoms with Crippen molar-refractivity contribution in [2.24, 2.45) is 16.7 Å². The molecule has 19 heavy (non-hydrogen) atoms. The molecule has 2 nitrogen and oxygen atoms in total. The first kappa shape index (κ1) is 17.0. The third-order valence-electron chi connectivity index (χ3n) is 4.77. The number of rotatable bonds is 6. The van der Waals surface area contributed by atoms with Gasteiger partial charge < -0.3 is 10.1 Å². The van der Waals surface area contributed by atoms with E-state index in [0.29, 0.717) is 16.9 Å². The maximum absolute atomic E-state index is 5.79. The highest BCUT2D eigenvalue weighted by Crippen LogP contribution is 2.45. The van der Waals surface area contributed by atoms with E-state index in [1.54, 1.807) is 0 Å².